The van der Waals surface area contributed by atoms with Crippen LogP contribution in [0.3, 0.4) is 0 Å². The van der Waals surface area contributed by atoms with Gasteiger partial charge in [-0.25, -0.2) is 4.79 Å². The minimum Gasteiger partial charge on any atom is -0.378 e. The lowest BCUT2D eigenvalue weighted by Crippen LogP contribution is -2.50. The molecule has 5 nitrogen and oxygen atoms in total. The van der Waals surface area contributed by atoms with Crippen LogP contribution in [0.2, 0.25) is 0 Å². The lowest BCUT2D eigenvalue weighted by Gasteiger charge is -2.35. The third-order valence-corrected chi connectivity index (χ3v) is 4.29. The third-order valence-electron chi connectivity index (χ3n) is 4.29. The molecule has 1 atom stereocenters. The number of hydrogen-bond donors (Lipinski definition) is 1. The predicted molar refractivity (Wildman–Crippen MR) is 75.2 cm³/mol. The Morgan fingerprint density at radius 1 is 1.26 bits per heavy atom. The summed E-state index contributed by atoms with van der Waals surface area (Å²) < 4.78 is 5.25. The van der Waals surface area contributed by atoms with E-state index in [0.29, 0.717) is 32.3 Å². The van der Waals surface area contributed by atoms with Gasteiger partial charge in [-0.2, -0.15) is 0 Å². The zero-order valence-corrected chi connectivity index (χ0v) is 12.2. The maximum atomic E-state index is 12.0. The first kappa shape index (κ1) is 14.6. The second kappa shape index (κ2) is 7.10. The van der Waals surface area contributed by atoms with Gasteiger partial charge in [0.25, 0.3) is 0 Å². The summed E-state index contributed by atoms with van der Waals surface area (Å²) in [6.45, 7) is 10.3. The van der Waals surface area contributed by atoms with E-state index in [1.54, 1.807) is 0 Å². The standard InChI is InChI=1S/C14H27N3O2/c1-12-3-5-16(6-4-12)13(2)11-15-14(18)17-7-9-19-10-8-17/h12-13H,3-11H2,1-2H3,(H,15,18). The first-order chi connectivity index (χ1) is 9.16. The number of nitrogens with zero attached hydrogens (tertiary/aromatic N) is 2. The molecule has 2 aliphatic heterocycles. The highest BCUT2D eigenvalue weighted by Crippen LogP contribution is 2.17. The summed E-state index contributed by atoms with van der Waals surface area (Å²) in [5, 5.41) is 3.05. The molecule has 2 rings (SSSR count). The van der Waals surface area contributed by atoms with Gasteiger partial charge in [-0.1, -0.05) is 6.92 Å². The van der Waals surface area contributed by atoms with Gasteiger partial charge in [0.15, 0.2) is 0 Å². The number of morpholine rings is 1. The van der Waals surface area contributed by atoms with Crippen LogP contribution in [-0.2, 0) is 4.74 Å². The second-order valence-electron chi connectivity index (χ2n) is 5.85. The lowest BCUT2D eigenvalue weighted by molar-refractivity contribution is 0.0524. The van der Waals surface area contributed by atoms with Gasteiger partial charge < -0.3 is 15.0 Å². The van der Waals surface area contributed by atoms with Crippen molar-refractivity contribution in [2.75, 3.05) is 45.9 Å². The summed E-state index contributed by atoms with van der Waals surface area (Å²) in [5.74, 6) is 0.853. The Balaban J connectivity index is 1.67. The van der Waals surface area contributed by atoms with E-state index < -0.39 is 0 Å². The molecule has 0 radical (unpaired) electrons. The maximum absolute atomic E-state index is 12.0. The molecule has 5 heteroatoms. The third kappa shape index (κ3) is 4.35. The average molecular weight is 269 g/mol. The van der Waals surface area contributed by atoms with Crippen LogP contribution in [0.1, 0.15) is 26.7 Å². The lowest BCUT2D eigenvalue weighted by atomic mass is 9.98. The van der Waals surface area contributed by atoms with Gasteiger partial charge in [0.05, 0.1) is 13.2 Å². The number of ether oxygens (including phenoxy) is 1. The van der Waals surface area contributed by atoms with Crippen LogP contribution < -0.4 is 5.32 Å². The smallest absolute Gasteiger partial charge is 0.317 e. The van der Waals surface area contributed by atoms with Crippen molar-refractivity contribution in [3.05, 3.63) is 0 Å². The van der Waals surface area contributed by atoms with Gasteiger partial charge in [-0.3, -0.25) is 4.90 Å². The fourth-order valence-electron chi connectivity index (χ4n) is 2.71. The fraction of sp³-hybridized carbons (Fsp3) is 0.929. The van der Waals surface area contributed by atoms with Crippen molar-refractivity contribution in [2.24, 2.45) is 5.92 Å². The zero-order valence-electron chi connectivity index (χ0n) is 12.2. The van der Waals surface area contributed by atoms with Crippen LogP contribution in [0.5, 0.6) is 0 Å². The van der Waals surface area contributed by atoms with Crippen LogP contribution in [-0.4, -0.2) is 67.8 Å². The van der Waals surface area contributed by atoms with Gasteiger partial charge in [0.2, 0.25) is 0 Å². The van der Waals surface area contributed by atoms with E-state index in [1.165, 1.54) is 12.8 Å². The topological polar surface area (TPSA) is 44.8 Å². The number of nitrogens with one attached hydrogen (secondary N) is 1. The van der Waals surface area contributed by atoms with Gasteiger partial charge in [-0.05, 0) is 38.8 Å². The van der Waals surface area contributed by atoms with Gasteiger partial charge >= 0.3 is 6.03 Å². The van der Waals surface area contributed by atoms with Crippen molar-refractivity contribution in [3.63, 3.8) is 0 Å². The summed E-state index contributed by atoms with van der Waals surface area (Å²) in [6.07, 6.45) is 2.56. The monoisotopic (exact) mass is 269 g/mol. The summed E-state index contributed by atoms with van der Waals surface area (Å²) in [4.78, 5) is 16.3. The Bertz CT molecular complexity index is 284. The normalized spacial score (nSPS) is 24.2. The number of amides is 2. The number of rotatable bonds is 3. The van der Waals surface area contributed by atoms with Crippen molar-refractivity contribution in [3.8, 4) is 0 Å². The summed E-state index contributed by atoms with van der Waals surface area (Å²) in [5.41, 5.74) is 0. The number of piperidine rings is 1. The first-order valence-corrected chi connectivity index (χ1v) is 7.51. The van der Waals surface area contributed by atoms with Crippen molar-refractivity contribution in [1.29, 1.82) is 0 Å². The van der Waals surface area contributed by atoms with E-state index in [9.17, 15) is 4.79 Å². The van der Waals surface area contributed by atoms with Crippen LogP contribution in [0.15, 0.2) is 0 Å². The van der Waals surface area contributed by atoms with E-state index in [0.717, 1.165) is 25.6 Å². The minimum absolute atomic E-state index is 0.0560. The second-order valence-corrected chi connectivity index (χ2v) is 5.85. The van der Waals surface area contributed by atoms with Crippen molar-refractivity contribution in [1.82, 2.24) is 15.1 Å². The van der Waals surface area contributed by atoms with Crippen LogP contribution >= 0.6 is 0 Å². The molecule has 2 amide bonds. The van der Waals surface area contributed by atoms with Crippen LogP contribution in [0.4, 0.5) is 4.79 Å². The minimum atomic E-state index is 0.0560. The molecule has 0 aromatic rings. The Morgan fingerprint density at radius 2 is 1.89 bits per heavy atom. The molecule has 0 aromatic carbocycles. The van der Waals surface area contributed by atoms with E-state index in [2.05, 4.69) is 24.1 Å². The van der Waals surface area contributed by atoms with Gasteiger partial charge in [0, 0.05) is 25.7 Å². The van der Waals surface area contributed by atoms with Crippen LogP contribution in [0.25, 0.3) is 0 Å². The fourth-order valence-corrected chi connectivity index (χ4v) is 2.71. The molecule has 0 aromatic heterocycles. The molecule has 0 saturated carbocycles. The van der Waals surface area contributed by atoms with E-state index in [-0.39, 0.29) is 6.03 Å². The Labute approximate surface area is 116 Å². The molecule has 2 fully saturated rings. The van der Waals surface area contributed by atoms with E-state index >= 15 is 0 Å². The average Bonchev–Trinajstić information content (AvgIpc) is 2.46. The zero-order chi connectivity index (χ0) is 13.7. The van der Waals surface area contributed by atoms with Crippen LogP contribution in [0, 0.1) is 5.92 Å². The largest absolute Gasteiger partial charge is 0.378 e. The predicted octanol–water partition coefficient (Wildman–Crippen LogP) is 1.15. The summed E-state index contributed by atoms with van der Waals surface area (Å²) in [6, 6.07) is 0.484. The molecule has 19 heavy (non-hydrogen) atoms. The first-order valence-electron chi connectivity index (χ1n) is 7.51. The molecule has 1 unspecified atom stereocenters. The number of carbonyl (C=O) groups is 1. The number of urea groups is 1. The molecule has 2 heterocycles. The van der Waals surface area contributed by atoms with Crippen molar-refractivity contribution < 1.29 is 9.53 Å². The SMILES string of the molecule is CC1CCN(C(C)CNC(=O)N2CCOCC2)CC1. The molecule has 110 valence electrons. The maximum Gasteiger partial charge on any atom is 0.317 e. The van der Waals surface area contributed by atoms with Gasteiger partial charge in [-0.15, -0.1) is 0 Å². The summed E-state index contributed by atoms with van der Waals surface area (Å²) in [7, 11) is 0. The Morgan fingerprint density at radius 3 is 2.53 bits per heavy atom. The number of likely N-dealkylation sites (tertiary alicyclic amines) is 1. The molecule has 0 spiro atoms. The van der Waals surface area contributed by atoms with E-state index in [1.807, 2.05) is 4.90 Å². The molecular weight excluding hydrogens is 242 g/mol. The van der Waals surface area contributed by atoms with Gasteiger partial charge in [0.1, 0.15) is 0 Å². The number of hydrogen-bond acceptors (Lipinski definition) is 3. The van der Waals surface area contributed by atoms with Crippen molar-refractivity contribution in [2.45, 2.75) is 32.7 Å². The number of carbonyl (C=O) groups excluding carboxylic acids is 1. The molecule has 2 aliphatic rings. The Kier molecular flexibility index (Phi) is 5.45. The molecule has 2 saturated heterocycles. The highest BCUT2D eigenvalue weighted by Gasteiger charge is 2.22. The summed E-state index contributed by atoms with van der Waals surface area (Å²) >= 11 is 0. The molecular formula is C14H27N3O2. The highest BCUT2D eigenvalue weighted by molar-refractivity contribution is 5.74. The highest BCUT2D eigenvalue weighted by atomic mass is 16.5. The molecule has 0 bridgehead atoms. The van der Waals surface area contributed by atoms with E-state index in [4.69, 9.17) is 4.74 Å². The Hall–Kier alpha value is -0.810. The quantitative estimate of drug-likeness (QED) is 0.836. The molecule has 1 N–H and O–H groups in total. The molecule has 0 aliphatic carbocycles. The van der Waals surface area contributed by atoms with Crippen molar-refractivity contribution >= 4 is 6.03 Å².